The summed E-state index contributed by atoms with van der Waals surface area (Å²) < 4.78 is 11.9. The van der Waals surface area contributed by atoms with Gasteiger partial charge in [-0.2, -0.15) is 0 Å². The lowest BCUT2D eigenvalue weighted by molar-refractivity contribution is -0.123. The molecule has 0 aliphatic heterocycles. The van der Waals surface area contributed by atoms with E-state index in [1.54, 1.807) is 0 Å². The summed E-state index contributed by atoms with van der Waals surface area (Å²) in [5.74, 6) is 0.507. The molecule has 0 aliphatic rings. The van der Waals surface area contributed by atoms with Crippen molar-refractivity contribution in [3.63, 3.8) is 0 Å². The number of carbonyl (C=O) groups is 1. The van der Waals surface area contributed by atoms with Gasteiger partial charge in [-0.05, 0) is 45.6 Å². The summed E-state index contributed by atoms with van der Waals surface area (Å²) in [7, 11) is 0. The molecule has 2 aromatic carbocycles. The summed E-state index contributed by atoms with van der Waals surface area (Å²) in [6.45, 7) is 3.56. The standard InChI is InChI=1S/C19H22BrNO3/c1-2-15-8-9-18(17(20)12-15)24-14-19(22)21-10-11-23-13-16-6-4-3-5-7-16/h3-9,12H,2,10-11,13-14H2,1H3,(H,21,22). The topological polar surface area (TPSA) is 47.6 Å². The minimum absolute atomic E-state index is 0.0112. The molecule has 0 saturated carbocycles. The van der Waals surface area contributed by atoms with Gasteiger partial charge in [0.05, 0.1) is 17.7 Å². The number of benzene rings is 2. The van der Waals surface area contributed by atoms with E-state index in [2.05, 4.69) is 28.2 Å². The van der Waals surface area contributed by atoms with Crippen molar-refractivity contribution in [3.05, 3.63) is 64.1 Å². The molecule has 0 bridgehead atoms. The Kier molecular flexibility index (Phi) is 7.79. The summed E-state index contributed by atoms with van der Waals surface area (Å²) in [5, 5.41) is 2.78. The Morgan fingerprint density at radius 1 is 1.12 bits per heavy atom. The molecule has 0 heterocycles. The molecule has 1 amide bonds. The highest BCUT2D eigenvalue weighted by Crippen LogP contribution is 2.26. The summed E-state index contributed by atoms with van der Waals surface area (Å²) in [4.78, 5) is 11.8. The normalized spacial score (nSPS) is 10.4. The van der Waals surface area contributed by atoms with Gasteiger partial charge in [-0.25, -0.2) is 0 Å². The third kappa shape index (κ3) is 6.34. The zero-order valence-corrected chi connectivity index (χ0v) is 15.3. The number of amides is 1. The molecule has 0 spiro atoms. The molecule has 0 aromatic heterocycles. The predicted octanol–water partition coefficient (Wildman–Crippen LogP) is 3.72. The van der Waals surface area contributed by atoms with Gasteiger partial charge in [0.1, 0.15) is 5.75 Å². The van der Waals surface area contributed by atoms with Crippen molar-refractivity contribution in [1.82, 2.24) is 5.32 Å². The Morgan fingerprint density at radius 2 is 1.92 bits per heavy atom. The van der Waals surface area contributed by atoms with Gasteiger partial charge >= 0.3 is 0 Å². The maximum atomic E-state index is 11.8. The average molecular weight is 392 g/mol. The van der Waals surface area contributed by atoms with Crippen LogP contribution in [0.1, 0.15) is 18.1 Å². The Labute approximate surface area is 151 Å². The largest absolute Gasteiger partial charge is 0.483 e. The van der Waals surface area contributed by atoms with E-state index >= 15 is 0 Å². The van der Waals surface area contributed by atoms with Crippen molar-refractivity contribution in [2.45, 2.75) is 20.0 Å². The van der Waals surface area contributed by atoms with Gasteiger partial charge in [-0.3, -0.25) is 4.79 Å². The highest BCUT2D eigenvalue weighted by atomic mass is 79.9. The number of halogens is 1. The second kappa shape index (κ2) is 10.1. The lowest BCUT2D eigenvalue weighted by Gasteiger charge is -2.10. The van der Waals surface area contributed by atoms with Crippen molar-refractivity contribution >= 4 is 21.8 Å². The van der Waals surface area contributed by atoms with Crippen LogP contribution in [0.3, 0.4) is 0 Å². The zero-order chi connectivity index (χ0) is 17.2. The summed E-state index contributed by atoms with van der Waals surface area (Å²) in [6, 6.07) is 15.8. The molecule has 1 N–H and O–H groups in total. The number of carbonyl (C=O) groups excluding carboxylic acids is 1. The Morgan fingerprint density at radius 3 is 2.62 bits per heavy atom. The van der Waals surface area contributed by atoms with Crippen molar-refractivity contribution in [2.24, 2.45) is 0 Å². The van der Waals surface area contributed by atoms with Crippen LogP contribution in [0.2, 0.25) is 0 Å². The van der Waals surface area contributed by atoms with Gasteiger partial charge in [-0.15, -0.1) is 0 Å². The minimum atomic E-state index is -0.162. The summed E-state index contributed by atoms with van der Waals surface area (Å²) in [5.41, 5.74) is 2.33. The SMILES string of the molecule is CCc1ccc(OCC(=O)NCCOCc2ccccc2)c(Br)c1. The average Bonchev–Trinajstić information content (AvgIpc) is 2.61. The molecule has 0 unspecified atom stereocenters. The fourth-order valence-corrected chi connectivity index (χ4v) is 2.64. The minimum Gasteiger partial charge on any atom is -0.483 e. The van der Waals surface area contributed by atoms with Gasteiger partial charge in [-0.1, -0.05) is 43.3 Å². The first-order chi connectivity index (χ1) is 11.7. The van der Waals surface area contributed by atoms with Crippen LogP contribution in [0.25, 0.3) is 0 Å². The van der Waals surface area contributed by atoms with Gasteiger partial charge in [0, 0.05) is 6.54 Å². The molecule has 2 aromatic rings. The second-order valence-electron chi connectivity index (χ2n) is 5.30. The first kappa shape index (κ1) is 18.5. The molecule has 2 rings (SSSR count). The number of ether oxygens (including phenoxy) is 2. The molecular weight excluding hydrogens is 370 g/mol. The monoisotopic (exact) mass is 391 g/mol. The van der Waals surface area contributed by atoms with Crippen LogP contribution in [0.5, 0.6) is 5.75 Å². The molecule has 0 aliphatic carbocycles. The van der Waals surface area contributed by atoms with E-state index in [0.717, 1.165) is 16.5 Å². The van der Waals surface area contributed by atoms with Gasteiger partial charge in [0.15, 0.2) is 6.61 Å². The van der Waals surface area contributed by atoms with Crippen LogP contribution in [0.15, 0.2) is 53.0 Å². The van der Waals surface area contributed by atoms with E-state index in [1.807, 2.05) is 48.5 Å². The molecular formula is C19H22BrNO3. The molecule has 4 nitrogen and oxygen atoms in total. The lowest BCUT2D eigenvalue weighted by Crippen LogP contribution is -2.31. The third-order valence-corrected chi connectivity index (χ3v) is 4.06. The lowest BCUT2D eigenvalue weighted by atomic mass is 10.2. The fourth-order valence-electron chi connectivity index (χ4n) is 2.10. The number of hydrogen-bond donors (Lipinski definition) is 1. The fraction of sp³-hybridized carbons (Fsp3) is 0.316. The van der Waals surface area contributed by atoms with Crippen LogP contribution in [-0.2, 0) is 22.6 Å². The van der Waals surface area contributed by atoms with Gasteiger partial charge in [0.2, 0.25) is 0 Å². The number of nitrogens with one attached hydrogen (secondary N) is 1. The molecule has 0 fully saturated rings. The Hall–Kier alpha value is -1.85. The smallest absolute Gasteiger partial charge is 0.258 e. The highest BCUT2D eigenvalue weighted by molar-refractivity contribution is 9.10. The van der Waals surface area contributed by atoms with Gasteiger partial charge in [0.25, 0.3) is 5.91 Å². The van der Waals surface area contributed by atoms with Crippen LogP contribution < -0.4 is 10.1 Å². The van der Waals surface area contributed by atoms with Crippen molar-refractivity contribution in [2.75, 3.05) is 19.8 Å². The molecule has 0 atom stereocenters. The van der Waals surface area contributed by atoms with Crippen molar-refractivity contribution < 1.29 is 14.3 Å². The Bertz CT molecular complexity index is 646. The van der Waals surface area contributed by atoms with E-state index in [9.17, 15) is 4.79 Å². The molecule has 128 valence electrons. The zero-order valence-electron chi connectivity index (χ0n) is 13.8. The summed E-state index contributed by atoms with van der Waals surface area (Å²) >= 11 is 3.46. The van der Waals surface area contributed by atoms with E-state index in [0.29, 0.717) is 25.5 Å². The van der Waals surface area contributed by atoms with Crippen LogP contribution in [0, 0.1) is 0 Å². The van der Waals surface area contributed by atoms with Gasteiger partial charge < -0.3 is 14.8 Å². The first-order valence-corrected chi connectivity index (χ1v) is 8.78. The molecule has 24 heavy (non-hydrogen) atoms. The summed E-state index contributed by atoms with van der Waals surface area (Å²) in [6.07, 6.45) is 0.961. The number of rotatable bonds is 9. The first-order valence-electron chi connectivity index (χ1n) is 7.98. The van der Waals surface area contributed by atoms with E-state index in [-0.39, 0.29) is 12.5 Å². The molecule has 0 radical (unpaired) electrons. The van der Waals surface area contributed by atoms with Crippen LogP contribution >= 0.6 is 15.9 Å². The second-order valence-corrected chi connectivity index (χ2v) is 6.15. The number of aryl methyl sites for hydroxylation is 1. The number of hydrogen-bond acceptors (Lipinski definition) is 3. The van der Waals surface area contributed by atoms with Crippen LogP contribution in [-0.4, -0.2) is 25.7 Å². The third-order valence-electron chi connectivity index (χ3n) is 3.44. The van der Waals surface area contributed by atoms with Crippen LogP contribution in [0.4, 0.5) is 0 Å². The Balaban J connectivity index is 1.61. The van der Waals surface area contributed by atoms with E-state index in [1.165, 1.54) is 5.56 Å². The van der Waals surface area contributed by atoms with Crippen molar-refractivity contribution in [3.8, 4) is 5.75 Å². The quantitative estimate of drug-likeness (QED) is 0.662. The molecule has 0 saturated heterocycles. The predicted molar refractivity (Wildman–Crippen MR) is 98.1 cm³/mol. The molecule has 5 heteroatoms. The maximum absolute atomic E-state index is 11.8. The van der Waals surface area contributed by atoms with E-state index in [4.69, 9.17) is 9.47 Å². The van der Waals surface area contributed by atoms with E-state index < -0.39 is 0 Å². The highest BCUT2D eigenvalue weighted by Gasteiger charge is 2.06. The maximum Gasteiger partial charge on any atom is 0.258 e. The van der Waals surface area contributed by atoms with Crippen molar-refractivity contribution in [1.29, 1.82) is 0 Å².